The predicted octanol–water partition coefficient (Wildman–Crippen LogP) is 1.17. The van der Waals surface area contributed by atoms with E-state index < -0.39 is 7.12 Å². The average Bonchev–Trinajstić information content (AvgIpc) is 3.34. The zero-order valence-electron chi connectivity index (χ0n) is 17.7. The van der Waals surface area contributed by atoms with Crippen molar-refractivity contribution in [3.05, 3.63) is 12.4 Å². The van der Waals surface area contributed by atoms with E-state index in [-0.39, 0.29) is 11.2 Å². The van der Waals surface area contributed by atoms with Gasteiger partial charge >= 0.3 is 7.12 Å². The van der Waals surface area contributed by atoms with Crippen LogP contribution in [0.2, 0.25) is 0 Å². The SMILES string of the molecule is CC1(C)OB(c2cnc(N(C[C@@H]3CCCN3CCN)C3CC3)nc2)OC1(C)C. The Kier molecular flexibility index (Phi) is 5.42. The molecule has 2 aliphatic heterocycles. The van der Waals surface area contributed by atoms with E-state index in [1.54, 1.807) is 0 Å². The Morgan fingerprint density at radius 1 is 1.14 bits per heavy atom. The van der Waals surface area contributed by atoms with Crippen LogP contribution in [0.1, 0.15) is 53.4 Å². The van der Waals surface area contributed by atoms with Crippen LogP contribution in [0.15, 0.2) is 12.4 Å². The first kappa shape index (κ1) is 20.1. The van der Waals surface area contributed by atoms with Crippen molar-refractivity contribution in [2.75, 3.05) is 31.1 Å². The first-order chi connectivity index (χ1) is 13.3. The fourth-order valence-corrected chi connectivity index (χ4v) is 4.15. The summed E-state index contributed by atoms with van der Waals surface area (Å²) in [5.41, 5.74) is 5.96. The number of hydrogen-bond donors (Lipinski definition) is 1. The molecule has 1 saturated carbocycles. The van der Waals surface area contributed by atoms with E-state index in [2.05, 4.69) is 37.5 Å². The summed E-state index contributed by atoms with van der Waals surface area (Å²) in [6, 6.07) is 1.12. The van der Waals surface area contributed by atoms with Crippen LogP contribution in [0.5, 0.6) is 0 Å². The van der Waals surface area contributed by atoms with E-state index in [0.29, 0.717) is 12.1 Å². The van der Waals surface area contributed by atoms with E-state index in [4.69, 9.17) is 25.0 Å². The molecule has 28 heavy (non-hydrogen) atoms. The average molecular weight is 387 g/mol. The third-order valence-corrected chi connectivity index (χ3v) is 6.75. The fourth-order valence-electron chi connectivity index (χ4n) is 4.15. The van der Waals surface area contributed by atoms with Crippen molar-refractivity contribution in [2.45, 2.75) is 76.7 Å². The zero-order valence-corrected chi connectivity index (χ0v) is 17.7. The van der Waals surface area contributed by atoms with Gasteiger partial charge < -0.3 is 19.9 Å². The minimum atomic E-state index is -0.414. The molecule has 4 rings (SSSR count). The topological polar surface area (TPSA) is 76.7 Å². The monoisotopic (exact) mass is 387 g/mol. The van der Waals surface area contributed by atoms with Crippen molar-refractivity contribution < 1.29 is 9.31 Å². The highest BCUT2D eigenvalue weighted by molar-refractivity contribution is 6.61. The number of anilines is 1. The normalized spacial score (nSPS) is 26.8. The van der Waals surface area contributed by atoms with Gasteiger partial charge in [-0.3, -0.25) is 4.90 Å². The minimum absolute atomic E-state index is 0.356. The maximum atomic E-state index is 6.12. The molecule has 0 radical (unpaired) electrons. The van der Waals surface area contributed by atoms with E-state index >= 15 is 0 Å². The maximum absolute atomic E-state index is 6.12. The summed E-state index contributed by atoms with van der Waals surface area (Å²) >= 11 is 0. The summed E-state index contributed by atoms with van der Waals surface area (Å²) < 4.78 is 12.2. The van der Waals surface area contributed by atoms with Gasteiger partial charge in [0.2, 0.25) is 5.95 Å². The summed E-state index contributed by atoms with van der Waals surface area (Å²) in [5, 5.41) is 0. The van der Waals surface area contributed by atoms with Crippen molar-refractivity contribution in [1.82, 2.24) is 14.9 Å². The van der Waals surface area contributed by atoms with Gasteiger partial charge in [-0.05, 0) is 59.9 Å². The molecule has 2 saturated heterocycles. The van der Waals surface area contributed by atoms with Crippen molar-refractivity contribution in [3.8, 4) is 0 Å². The first-order valence-corrected chi connectivity index (χ1v) is 10.7. The number of rotatable bonds is 7. The molecule has 0 amide bonds. The van der Waals surface area contributed by atoms with Crippen LogP contribution in [-0.2, 0) is 9.31 Å². The van der Waals surface area contributed by atoms with Gasteiger partial charge in [-0.1, -0.05) is 0 Å². The van der Waals surface area contributed by atoms with Crippen molar-refractivity contribution >= 4 is 18.5 Å². The molecular formula is C20H34BN5O2. The Morgan fingerprint density at radius 3 is 2.36 bits per heavy atom. The van der Waals surface area contributed by atoms with E-state index in [9.17, 15) is 0 Å². The highest BCUT2D eigenvalue weighted by Crippen LogP contribution is 2.36. The van der Waals surface area contributed by atoms with Crippen molar-refractivity contribution in [1.29, 1.82) is 0 Å². The molecule has 0 unspecified atom stereocenters. The number of nitrogens with two attached hydrogens (primary N) is 1. The maximum Gasteiger partial charge on any atom is 0.498 e. The molecule has 154 valence electrons. The summed E-state index contributed by atoms with van der Waals surface area (Å²) in [4.78, 5) is 14.3. The standard InChI is InChI=1S/C20H34BN5O2/c1-19(2)20(3,4)28-21(27-19)15-12-23-18(24-13-15)26(16-7-8-16)14-17-6-5-10-25(17)11-9-22/h12-13,16-17H,5-11,14,22H2,1-4H3/t17-/m0/s1. The molecule has 3 aliphatic rings. The molecule has 7 nitrogen and oxygen atoms in total. The van der Waals surface area contributed by atoms with Gasteiger partial charge in [0.1, 0.15) is 0 Å². The smallest absolute Gasteiger partial charge is 0.399 e. The molecule has 0 bridgehead atoms. The van der Waals surface area contributed by atoms with Crippen LogP contribution in [-0.4, -0.2) is 71.5 Å². The summed E-state index contributed by atoms with van der Waals surface area (Å²) in [5.74, 6) is 0.822. The van der Waals surface area contributed by atoms with Crippen LogP contribution in [0, 0.1) is 0 Å². The first-order valence-electron chi connectivity index (χ1n) is 10.7. The summed E-state index contributed by atoms with van der Waals surface area (Å²) in [6.45, 7) is 12.1. The van der Waals surface area contributed by atoms with Crippen molar-refractivity contribution in [2.24, 2.45) is 5.73 Å². The Hall–Kier alpha value is -1.22. The largest absolute Gasteiger partial charge is 0.498 e. The van der Waals surface area contributed by atoms with Crippen molar-refractivity contribution in [3.63, 3.8) is 0 Å². The fraction of sp³-hybridized carbons (Fsp3) is 0.800. The third-order valence-electron chi connectivity index (χ3n) is 6.75. The van der Waals surface area contributed by atoms with Gasteiger partial charge in [0.15, 0.2) is 0 Å². The van der Waals surface area contributed by atoms with Gasteiger partial charge in [-0.15, -0.1) is 0 Å². The molecule has 1 aromatic rings. The highest BCUT2D eigenvalue weighted by Gasteiger charge is 2.52. The van der Waals surface area contributed by atoms with Gasteiger partial charge in [-0.25, -0.2) is 9.97 Å². The number of aromatic nitrogens is 2. The molecule has 3 heterocycles. The molecule has 0 aromatic carbocycles. The lowest BCUT2D eigenvalue weighted by molar-refractivity contribution is 0.00578. The second-order valence-corrected chi connectivity index (χ2v) is 9.41. The second-order valence-electron chi connectivity index (χ2n) is 9.41. The predicted molar refractivity (Wildman–Crippen MR) is 112 cm³/mol. The van der Waals surface area contributed by atoms with Crippen LogP contribution < -0.4 is 16.1 Å². The Balaban J connectivity index is 1.46. The summed E-state index contributed by atoms with van der Waals surface area (Å²) in [7, 11) is -0.414. The number of hydrogen-bond acceptors (Lipinski definition) is 7. The molecule has 1 aromatic heterocycles. The molecular weight excluding hydrogens is 353 g/mol. The summed E-state index contributed by atoms with van der Waals surface area (Å²) in [6.07, 6.45) is 8.68. The van der Waals surface area contributed by atoms with E-state index in [1.165, 1.54) is 25.7 Å². The third kappa shape index (κ3) is 3.92. The van der Waals surface area contributed by atoms with Gasteiger partial charge in [0.25, 0.3) is 0 Å². The van der Waals surface area contributed by atoms with Crippen LogP contribution in [0.25, 0.3) is 0 Å². The van der Waals surface area contributed by atoms with Crippen LogP contribution in [0.4, 0.5) is 5.95 Å². The molecule has 0 spiro atoms. The Labute approximate surface area is 169 Å². The number of likely N-dealkylation sites (tertiary alicyclic amines) is 1. The Morgan fingerprint density at radius 2 is 1.79 bits per heavy atom. The number of nitrogens with zero attached hydrogens (tertiary/aromatic N) is 4. The molecule has 2 N–H and O–H groups in total. The quantitative estimate of drug-likeness (QED) is 0.704. The lowest BCUT2D eigenvalue weighted by Crippen LogP contribution is -2.44. The lowest BCUT2D eigenvalue weighted by atomic mass is 9.81. The highest BCUT2D eigenvalue weighted by atomic mass is 16.7. The molecule has 1 atom stereocenters. The van der Waals surface area contributed by atoms with Crippen LogP contribution >= 0.6 is 0 Å². The zero-order chi connectivity index (χ0) is 19.9. The van der Waals surface area contributed by atoms with Gasteiger partial charge in [-0.2, -0.15) is 0 Å². The van der Waals surface area contributed by atoms with Crippen LogP contribution in [0.3, 0.4) is 0 Å². The Bertz CT molecular complexity index is 664. The lowest BCUT2D eigenvalue weighted by Gasteiger charge is -2.32. The molecule has 1 aliphatic carbocycles. The van der Waals surface area contributed by atoms with E-state index in [0.717, 1.165) is 37.6 Å². The minimum Gasteiger partial charge on any atom is -0.399 e. The molecule has 8 heteroatoms. The molecule has 3 fully saturated rings. The van der Waals surface area contributed by atoms with Gasteiger partial charge in [0, 0.05) is 49.6 Å². The van der Waals surface area contributed by atoms with E-state index in [1.807, 2.05) is 12.4 Å². The second kappa shape index (κ2) is 7.56. The van der Waals surface area contributed by atoms with Gasteiger partial charge in [0.05, 0.1) is 11.2 Å².